The molecule has 0 radical (unpaired) electrons. The van der Waals surface area contributed by atoms with Crippen LogP contribution >= 0.6 is 0 Å². The topological polar surface area (TPSA) is 59.2 Å². The summed E-state index contributed by atoms with van der Waals surface area (Å²) in [5.74, 6) is 0. The molecule has 0 aliphatic carbocycles. The minimum Gasteiger partial charge on any atom is -0.387 e. The molecule has 1 aromatic carbocycles. The van der Waals surface area contributed by atoms with E-state index in [1.54, 1.807) is 23.2 Å². The number of nitrogens with zero attached hydrogens (tertiary/aromatic N) is 2. The van der Waals surface area contributed by atoms with E-state index in [1.807, 2.05) is 18.2 Å². The van der Waals surface area contributed by atoms with Gasteiger partial charge in [-0.1, -0.05) is 6.07 Å². The Labute approximate surface area is 111 Å². The Hall–Kier alpha value is -1.59. The van der Waals surface area contributed by atoms with Crippen LogP contribution in [0.25, 0.3) is 11.0 Å². The lowest BCUT2D eigenvalue weighted by Crippen LogP contribution is -2.28. The summed E-state index contributed by atoms with van der Waals surface area (Å²) in [5.41, 5.74) is 2.58. The molecule has 2 aromatic rings. The van der Waals surface area contributed by atoms with Gasteiger partial charge in [-0.2, -0.15) is 0 Å². The molecule has 2 N–H and O–H groups in total. The van der Waals surface area contributed by atoms with Gasteiger partial charge in [0.25, 0.3) is 0 Å². The van der Waals surface area contributed by atoms with Crippen LogP contribution < -0.4 is 11.0 Å². The van der Waals surface area contributed by atoms with Crippen LogP contribution in [0.2, 0.25) is 0 Å². The number of nitrogens with one attached hydrogen (secondary N) is 1. The molecule has 102 valence electrons. The summed E-state index contributed by atoms with van der Waals surface area (Å²) >= 11 is 0. The molecule has 1 aromatic heterocycles. The molecular weight excluding hydrogens is 242 g/mol. The van der Waals surface area contributed by atoms with Crippen LogP contribution in [0, 0.1) is 0 Å². The zero-order valence-corrected chi connectivity index (χ0v) is 11.3. The monoisotopic (exact) mass is 261 g/mol. The van der Waals surface area contributed by atoms with E-state index in [4.69, 9.17) is 0 Å². The quantitative estimate of drug-likeness (QED) is 0.835. The summed E-state index contributed by atoms with van der Waals surface area (Å²) in [5, 5.41) is 13.7. The molecule has 1 fully saturated rings. The van der Waals surface area contributed by atoms with Gasteiger partial charge in [0.15, 0.2) is 0 Å². The van der Waals surface area contributed by atoms with Gasteiger partial charge in [-0.25, -0.2) is 4.79 Å². The maximum atomic E-state index is 11.9. The Balaban J connectivity index is 2.06. The van der Waals surface area contributed by atoms with Crippen LogP contribution in [0.15, 0.2) is 23.0 Å². The molecule has 0 bridgehead atoms. The van der Waals surface area contributed by atoms with Crippen LogP contribution in [0.5, 0.6) is 0 Å². The fraction of sp³-hybridized carbons (Fsp3) is 0.500. The van der Waals surface area contributed by atoms with E-state index in [0.717, 1.165) is 36.0 Å². The number of benzene rings is 1. The van der Waals surface area contributed by atoms with E-state index in [9.17, 15) is 9.90 Å². The van der Waals surface area contributed by atoms with Gasteiger partial charge in [-0.15, -0.1) is 0 Å². The highest BCUT2D eigenvalue weighted by molar-refractivity contribution is 5.77. The normalized spacial score (nSPS) is 21.1. The molecular formula is C14H19N3O2. The molecule has 1 aliphatic heterocycles. The number of rotatable bonds is 2. The molecule has 3 rings (SSSR count). The Morgan fingerprint density at radius 2 is 2.05 bits per heavy atom. The number of aryl methyl sites for hydroxylation is 2. The van der Waals surface area contributed by atoms with Crippen LogP contribution in [0.3, 0.4) is 0 Å². The first-order valence-electron chi connectivity index (χ1n) is 6.66. The van der Waals surface area contributed by atoms with E-state index in [-0.39, 0.29) is 11.7 Å². The van der Waals surface area contributed by atoms with Crippen LogP contribution in [0.4, 0.5) is 0 Å². The van der Waals surface area contributed by atoms with Crippen molar-refractivity contribution in [3.8, 4) is 0 Å². The Bertz CT molecular complexity index is 665. The third kappa shape index (κ3) is 1.89. The first-order chi connectivity index (χ1) is 9.09. The first-order valence-corrected chi connectivity index (χ1v) is 6.66. The van der Waals surface area contributed by atoms with Crippen molar-refractivity contribution >= 4 is 11.0 Å². The van der Waals surface area contributed by atoms with Crippen molar-refractivity contribution in [2.45, 2.75) is 25.0 Å². The maximum absolute atomic E-state index is 11.9. The average molecular weight is 261 g/mol. The van der Waals surface area contributed by atoms with Crippen molar-refractivity contribution < 1.29 is 5.11 Å². The number of imidazole rings is 1. The van der Waals surface area contributed by atoms with Gasteiger partial charge in [-0.05, 0) is 37.1 Å². The van der Waals surface area contributed by atoms with Crippen molar-refractivity contribution in [3.05, 3.63) is 34.2 Å². The van der Waals surface area contributed by atoms with Crippen LogP contribution in [-0.4, -0.2) is 26.8 Å². The number of hydrogen-bond donors (Lipinski definition) is 2. The number of fused-ring (bicyclic) bond motifs is 1. The Morgan fingerprint density at radius 3 is 2.74 bits per heavy atom. The minimum atomic E-state index is -0.512. The van der Waals surface area contributed by atoms with Gasteiger partial charge in [0.1, 0.15) is 0 Å². The fourth-order valence-electron chi connectivity index (χ4n) is 2.92. The summed E-state index contributed by atoms with van der Waals surface area (Å²) in [7, 11) is 3.52. The third-order valence-electron chi connectivity index (χ3n) is 4.12. The van der Waals surface area contributed by atoms with Gasteiger partial charge < -0.3 is 10.4 Å². The number of hydrogen-bond acceptors (Lipinski definition) is 3. The Kier molecular flexibility index (Phi) is 2.95. The van der Waals surface area contributed by atoms with E-state index in [1.165, 1.54) is 0 Å². The van der Waals surface area contributed by atoms with E-state index < -0.39 is 6.10 Å². The molecule has 0 amide bonds. The average Bonchev–Trinajstić information content (AvgIpc) is 3.03. The van der Waals surface area contributed by atoms with Crippen LogP contribution in [-0.2, 0) is 14.1 Å². The fourth-order valence-corrected chi connectivity index (χ4v) is 2.92. The van der Waals surface area contributed by atoms with Crippen molar-refractivity contribution in [1.29, 1.82) is 0 Å². The Morgan fingerprint density at radius 1 is 1.32 bits per heavy atom. The lowest BCUT2D eigenvalue weighted by molar-refractivity contribution is 0.137. The summed E-state index contributed by atoms with van der Waals surface area (Å²) in [6, 6.07) is 5.86. The number of aromatic nitrogens is 2. The molecule has 5 nitrogen and oxygen atoms in total. The molecule has 2 atom stereocenters. The molecule has 0 saturated carbocycles. The second-order valence-corrected chi connectivity index (χ2v) is 5.30. The lowest BCUT2D eigenvalue weighted by Gasteiger charge is -2.18. The van der Waals surface area contributed by atoms with Gasteiger partial charge in [-0.3, -0.25) is 9.13 Å². The second-order valence-electron chi connectivity index (χ2n) is 5.30. The maximum Gasteiger partial charge on any atom is 0.328 e. The predicted octanol–water partition coefficient (Wildman–Crippen LogP) is 0.662. The van der Waals surface area contributed by atoms with E-state index >= 15 is 0 Å². The van der Waals surface area contributed by atoms with Gasteiger partial charge in [0.2, 0.25) is 0 Å². The SMILES string of the molecule is Cn1c(=O)n(C)c2cc(C(O)C3CCCN3)ccc21. The highest BCUT2D eigenvalue weighted by Gasteiger charge is 2.24. The number of aliphatic hydroxyl groups is 1. The van der Waals surface area contributed by atoms with Gasteiger partial charge >= 0.3 is 5.69 Å². The molecule has 1 saturated heterocycles. The molecule has 1 aliphatic rings. The lowest BCUT2D eigenvalue weighted by atomic mass is 10.0. The summed E-state index contributed by atoms with van der Waals surface area (Å²) < 4.78 is 3.24. The van der Waals surface area contributed by atoms with E-state index in [2.05, 4.69) is 5.32 Å². The standard InChI is InChI=1S/C14H19N3O2/c1-16-11-6-5-9(8-12(11)17(2)14(16)19)13(18)10-4-3-7-15-10/h5-6,8,10,13,15,18H,3-4,7H2,1-2H3. The zero-order valence-electron chi connectivity index (χ0n) is 11.3. The van der Waals surface area contributed by atoms with E-state index in [0.29, 0.717) is 0 Å². The number of aliphatic hydroxyl groups excluding tert-OH is 1. The molecule has 0 spiro atoms. The van der Waals surface area contributed by atoms with Crippen molar-refractivity contribution in [1.82, 2.24) is 14.5 Å². The van der Waals surface area contributed by atoms with Gasteiger partial charge in [0, 0.05) is 20.1 Å². The first kappa shape index (κ1) is 12.4. The largest absolute Gasteiger partial charge is 0.387 e. The van der Waals surface area contributed by atoms with Gasteiger partial charge in [0.05, 0.1) is 17.1 Å². The summed E-state index contributed by atoms with van der Waals surface area (Å²) in [4.78, 5) is 11.9. The second kappa shape index (κ2) is 4.51. The highest BCUT2D eigenvalue weighted by Crippen LogP contribution is 2.25. The van der Waals surface area contributed by atoms with Crippen molar-refractivity contribution in [2.75, 3.05) is 6.54 Å². The smallest absolute Gasteiger partial charge is 0.328 e. The predicted molar refractivity (Wildman–Crippen MR) is 74.1 cm³/mol. The molecule has 19 heavy (non-hydrogen) atoms. The zero-order chi connectivity index (χ0) is 13.6. The molecule has 2 unspecified atom stereocenters. The molecule has 2 heterocycles. The third-order valence-corrected chi connectivity index (χ3v) is 4.12. The van der Waals surface area contributed by atoms with Crippen molar-refractivity contribution in [3.63, 3.8) is 0 Å². The summed E-state index contributed by atoms with van der Waals surface area (Å²) in [6.07, 6.45) is 1.59. The highest BCUT2D eigenvalue weighted by atomic mass is 16.3. The molecule has 5 heteroatoms. The van der Waals surface area contributed by atoms with Crippen LogP contribution in [0.1, 0.15) is 24.5 Å². The van der Waals surface area contributed by atoms with Crippen molar-refractivity contribution in [2.24, 2.45) is 14.1 Å². The minimum absolute atomic E-state index is 0.0411. The summed E-state index contributed by atoms with van der Waals surface area (Å²) in [6.45, 7) is 0.966.